The molecule has 0 spiro atoms. The van der Waals surface area contributed by atoms with E-state index < -0.39 is 35.6 Å². The van der Waals surface area contributed by atoms with Crippen LogP contribution in [0.4, 0.5) is 8.78 Å². The molecule has 0 bridgehead atoms. The summed E-state index contributed by atoms with van der Waals surface area (Å²) in [6.45, 7) is 1.36. The Balaban J connectivity index is 2.56. The average Bonchev–Trinajstić information content (AvgIpc) is 2.70. The van der Waals surface area contributed by atoms with E-state index in [2.05, 4.69) is 4.74 Å². The Kier molecular flexibility index (Phi) is 3.40. The zero-order valence-electron chi connectivity index (χ0n) is 10.7. The van der Waals surface area contributed by atoms with Crippen LogP contribution in [0.1, 0.15) is 28.9 Å². The van der Waals surface area contributed by atoms with E-state index in [9.17, 15) is 18.4 Å². The van der Waals surface area contributed by atoms with Crippen LogP contribution in [-0.2, 0) is 9.53 Å². The third-order valence-electron chi connectivity index (χ3n) is 3.19. The minimum Gasteiger partial charge on any atom is -0.467 e. The van der Waals surface area contributed by atoms with Crippen molar-refractivity contribution in [1.29, 1.82) is 5.26 Å². The van der Waals surface area contributed by atoms with E-state index in [-0.39, 0.29) is 11.1 Å². The maximum absolute atomic E-state index is 13.8. The molecule has 20 heavy (non-hydrogen) atoms. The van der Waals surface area contributed by atoms with Gasteiger partial charge in [0.2, 0.25) is 0 Å². The number of esters is 1. The van der Waals surface area contributed by atoms with E-state index in [1.165, 1.54) is 6.92 Å². The highest BCUT2D eigenvalue weighted by Crippen LogP contribution is 2.37. The number of hydrogen-bond donors (Lipinski definition) is 0. The maximum Gasteiger partial charge on any atom is 0.328 e. The second kappa shape index (κ2) is 4.89. The van der Waals surface area contributed by atoms with Crippen molar-refractivity contribution in [2.24, 2.45) is 0 Å². The summed E-state index contributed by atoms with van der Waals surface area (Å²) < 4.78 is 31.5. The lowest BCUT2D eigenvalue weighted by atomic mass is 10.0. The van der Waals surface area contributed by atoms with Crippen molar-refractivity contribution in [3.63, 3.8) is 0 Å². The van der Waals surface area contributed by atoms with Gasteiger partial charge in [-0.1, -0.05) is 0 Å². The number of methoxy groups -OCH3 is 1. The van der Waals surface area contributed by atoms with Crippen molar-refractivity contribution >= 4 is 11.9 Å². The van der Waals surface area contributed by atoms with Crippen LogP contribution >= 0.6 is 0 Å². The second-order valence-corrected chi connectivity index (χ2v) is 4.29. The highest BCUT2D eigenvalue weighted by Gasteiger charge is 2.44. The number of fused-ring (bicyclic) bond motifs is 1. The van der Waals surface area contributed by atoms with Crippen LogP contribution in [0.5, 0.6) is 0 Å². The zero-order chi connectivity index (χ0) is 15.0. The molecule has 5 nitrogen and oxygen atoms in total. The molecular formula is C13H10F2N2O3. The van der Waals surface area contributed by atoms with Gasteiger partial charge in [-0.3, -0.25) is 4.79 Å². The number of carbonyl (C=O) groups is 2. The number of ether oxygens (including phenoxy) is 1. The monoisotopic (exact) mass is 280 g/mol. The number of nitrogens with zero attached hydrogens (tertiary/aromatic N) is 2. The number of halogens is 2. The smallest absolute Gasteiger partial charge is 0.328 e. The molecule has 0 radical (unpaired) electrons. The number of hydrogen-bond acceptors (Lipinski definition) is 4. The Labute approximate surface area is 113 Å². The van der Waals surface area contributed by atoms with E-state index in [1.54, 1.807) is 6.07 Å². The molecule has 2 rings (SSSR count). The molecule has 2 unspecified atom stereocenters. The number of carbonyl (C=O) groups excluding carboxylic acids is 2. The van der Waals surface area contributed by atoms with Crippen LogP contribution in [0, 0.1) is 23.0 Å². The average molecular weight is 280 g/mol. The van der Waals surface area contributed by atoms with Crippen LogP contribution < -0.4 is 0 Å². The van der Waals surface area contributed by atoms with Crippen LogP contribution in [0.15, 0.2) is 12.1 Å². The van der Waals surface area contributed by atoms with Crippen LogP contribution in [0.3, 0.4) is 0 Å². The Hall–Kier alpha value is -2.49. The minimum atomic E-state index is -1.29. The molecule has 0 fully saturated rings. The predicted molar refractivity (Wildman–Crippen MR) is 62.4 cm³/mol. The van der Waals surface area contributed by atoms with E-state index in [0.717, 1.165) is 18.1 Å². The first-order chi connectivity index (χ1) is 9.42. The van der Waals surface area contributed by atoms with Crippen molar-refractivity contribution in [1.82, 2.24) is 4.90 Å². The van der Waals surface area contributed by atoms with E-state index >= 15 is 0 Å². The zero-order valence-corrected chi connectivity index (χ0v) is 10.7. The van der Waals surface area contributed by atoms with E-state index in [0.29, 0.717) is 6.07 Å². The Morgan fingerprint density at radius 1 is 1.50 bits per heavy atom. The summed E-state index contributed by atoms with van der Waals surface area (Å²) in [4.78, 5) is 24.6. The van der Waals surface area contributed by atoms with Crippen LogP contribution in [0.25, 0.3) is 0 Å². The molecule has 1 aromatic rings. The summed E-state index contributed by atoms with van der Waals surface area (Å²) in [5, 5.41) is 9.14. The van der Waals surface area contributed by atoms with Gasteiger partial charge in [0.25, 0.3) is 5.91 Å². The molecule has 0 saturated heterocycles. The highest BCUT2D eigenvalue weighted by atomic mass is 19.1. The van der Waals surface area contributed by atoms with Gasteiger partial charge in [-0.05, 0) is 13.0 Å². The summed E-state index contributed by atoms with van der Waals surface area (Å²) in [7, 11) is 1.13. The fraction of sp³-hybridized carbons (Fsp3) is 0.308. The third-order valence-corrected chi connectivity index (χ3v) is 3.19. The Morgan fingerprint density at radius 2 is 2.15 bits per heavy atom. The van der Waals surface area contributed by atoms with Crippen molar-refractivity contribution in [2.45, 2.75) is 19.0 Å². The van der Waals surface area contributed by atoms with Crippen molar-refractivity contribution in [3.05, 3.63) is 34.9 Å². The Bertz CT molecular complexity index is 639. The molecular weight excluding hydrogens is 270 g/mol. The molecule has 0 aliphatic carbocycles. The van der Waals surface area contributed by atoms with Crippen molar-refractivity contribution in [3.8, 4) is 6.07 Å². The molecule has 1 aliphatic heterocycles. The normalized spacial score (nSPS) is 18.4. The largest absolute Gasteiger partial charge is 0.467 e. The summed E-state index contributed by atoms with van der Waals surface area (Å²) in [5.41, 5.74) is -0.459. The van der Waals surface area contributed by atoms with Gasteiger partial charge in [0, 0.05) is 11.6 Å². The number of nitriles is 1. The van der Waals surface area contributed by atoms with Gasteiger partial charge in [0.15, 0.2) is 0 Å². The number of amides is 1. The molecule has 2 atom stereocenters. The lowest BCUT2D eigenvalue weighted by Crippen LogP contribution is -2.41. The van der Waals surface area contributed by atoms with Gasteiger partial charge in [-0.25, -0.2) is 13.6 Å². The molecule has 1 amide bonds. The fourth-order valence-electron chi connectivity index (χ4n) is 2.25. The fourth-order valence-corrected chi connectivity index (χ4v) is 2.25. The van der Waals surface area contributed by atoms with Crippen LogP contribution in [0.2, 0.25) is 0 Å². The molecule has 104 valence electrons. The molecule has 1 aliphatic rings. The SMILES string of the molecule is COC(=O)C(C)N1C(=O)c2cc(F)cc(F)c2C1C#N. The summed E-state index contributed by atoms with van der Waals surface area (Å²) in [5.74, 6) is -3.42. The molecule has 0 N–H and O–H groups in total. The van der Waals surface area contributed by atoms with Gasteiger partial charge in [0.05, 0.1) is 18.7 Å². The number of rotatable bonds is 2. The van der Waals surface area contributed by atoms with Gasteiger partial charge >= 0.3 is 5.97 Å². The first kappa shape index (κ1) is 13.9. The first-order valence-electron chi connectivity index (χ1n) is 5.71. The van der Waals surface area contributed by atoms with Gasteiger partial charge < -0.3 is 9.64 Å². The highest BCUT2D eigenvalue weighted by molar-refractivity contribution is 6.01. The minimum absolute atomic E-state index is 0.213. The molecule has 0 aromatic heterocycles. The topological polar surface area (TPSA) is 70.4 Å². The lowest BCUT2D eigenvalue weighted by molar-refractivity contribution is -0.145. The Morgan fingerprint density at radius 3 is 2.70 bits per heavy atom. The molecule has 1 aromatic carbocycles. The predicted octanol–water partition coefficient (Wildman–Crippen LogP) is 1.55. The summed E-state index contributed by atoms with van der Waals surface area (Å²) in [6.07, 6.45) is 0. The standard InChI is InChI=1S/C13H10F2N2O3/c1-6(13(19)20-2)17-10(5-16)11-8(12(17)18)3-7(14)4-9(11)15/h3-4,6,10H,1-2H3. The van der Waals surface area contributed by atoms with E-state index in [1.807, 2.05) is 0 Å². The third kappa shape index (κ3) is 1.90. The maximum atomic E-state index is 13.8. The first-order valence-corrected chi connectivity index (χ1v) is 5.71. The molecule has 0 saturated carbocycles. The van der Waals surface area contributed by atoms with Gasteiger partial charge in [-0.2, -0.15) is 5.26 Å². The van der Waals surface area contributed by atoms with E-state index in [4.69, 9.17) is 5.26 Å². The van der Waals surface area contributed by atoms with Crippen molar-refractivity contribution < 1.29 is 23.1 Å². The van der Waals surface area contributed by atoms with Gasteiger partial charge in [0.1, 0.15) is 23.7 Å². The molecule has 1 heterocycles. The lowest BCUT2D eigenvalue weighted by Gasteiger charge is -2.25. The van der Waals surface area contributed by atoms with Gasteiger partial charge in [-0.15, -0.1) is 0 Å². The molecule has 7 heteroatoms. The number of benzene rings is 1. The van der Waals surface area contributed by atoms with Crippen LogP contribution in [-0.4, -0.2) is 29.9 Å². The second-order valence-electron chi connectivity index (χ2n) is 4.29. The summed E-state index contributed by atoms with van der Waals surface area (Å²) >= 11 is 0. The quantitative estimate of drug-likeness (QED) is 0.770. The summed E-state index contributed by atoms with van der Waals surface area (Å²) in [6, 6.07) is 0.850. The van der Waals surface area contributed by atoms with Crippen molar-refractivity contribution in [2.75, 3.05) is 7.11 Å².